The third-order valence-electron chi connectivity index (χ3n) is 8.14. The zero-order chi connectivity index (χ0) is 28.7. The van der Waals surface area contributed by atoms with Crippen LogP contribution in [0.4, 0.5) is 25.8 Å². The van der Waals surface area contributed by atoms with Gasteiger partial charge in [0.1, 0.15) is 0 Å². The van der Waals surface area contributed by atoms with Gasteiger partial charge in [0.05, 0.1) is 35.0 Å². The SMILES string of the molecule is Cc1cc(NC(=O)c2ccc(NS(=O)(=O)CCO)cc2N2CCC3(CC2)CC3)cn(C2=CCC(F)(F)CC2)c1=O. The number of hydrogen-bond acceptors (Lipinski definition) is 6. The molecule has 0 unspecified atom stereocenters. The summed E-state index contributed by atoms with van der Waals surface area (Å²) >= 11 is 0. The number of halogens is 2. The lowest BCUT2D eigenvalue weighted by atomic mass is 9.93. The van der Waals surface area contributed by atoms with Gasteiger partial charge >= 0.3 is 0 Å². The molecule has 1 spiro atoms. The van der Waals surface area contributed by atoms with E-state index in [4.69, 9.17) is 5.11 Å². The number of alkyl halides is 2. The summed E-state index contributed by atoms with van der Waals surface area (Å²) in [6.45, 7) is 2.55. The van der Waals surface area contributed by atoms with Crippen molar-refractivity contribution in [1.29, 1.82) is 0 Å². The topological polar surface area (TPSA) is 121 Å². The number of aliphatic hydroxyl groups excluding tert-OH is 1. The first-order valence-corrected chi connectivity index (χ1v) is 15.2. The largest absolute Gasteiger partial charge is 0.395 e. The fourth-order valence-electron chi connectivity index (χ4n) is 5.50. The third kappa shape index (κ3) is 6.22. The number of pyridine rings is 1. The van der Waals surface area contributed by atoms with Gasteiger partial charge in [-0.05, 0) is 68.7 Å². The van der Waals surface area contributed by atoms with Gasteiger partial charge in [-0.2, -0.15) is 0 Å². The van der Waals surface area contributed by atoms with E-state index in [1.165, 1.54) is 35.7 Å². The molecule has 2 fully saturated rings. The molecule has 1 aromatic carbocycles. The van der Waals surface area contributed by atoms with Crippen LogP contribution in [0, 0.1) is 12.3 Å². The maximum Gasteiger partial charge on any atom is 0.257 e. The monoisotopic (exact) mass is 576 g/mol. The first-order valence-electron chi connectivity index (χ1n) is 13.5. The summed E-state index contributed by atoms with van der Waals surface area (Å²) in [4.78, 5) is 28.5. The first-order chi connectivity index (χ1) is 18.9. The van der Waals surface area contributed by atoms with E-state index in [9.17, 15) is 26.8 Å². The lowest BCUT2D eigenvalue weighted by Gasteiger charge is -2.35. The Bertz CT molecular complexity index is 1510. The molecule has 2 aliphatic carbocycles. The van der Waals surface area contributed by atoms with Gasteiger partial charge in [0, 0.05) is 43.4 Å². The molecule has 9 nitrogen and oxygen atoms in total. The third-order valence-corrected chi connectivity index (χ3v) is 9.41. The van der Waals surface area contributed by atoms with Crippen molar-refractivity contribution in [3.8, 4) is 0 Å². The van der Waals surface area contributed by atoms with Gasteiger partial charge < -0.3 is 15.3 Å². The number of allylic oxidation sites excluding steroid dienone is 2. The number of aryl methyl sites for hydroxylation is 1. The van der Waals surface area contributed by atoms with Crippen LogP contribution in [0.3, 0.4) is 0 Å². The summed E-state index contributed by atoms with van der Waals surface area (Å²) in [5, 5.41) is 11.9. The molecule has 2 heterocycles. The Labute approximate surface area is 231 Å². The van der Waals surface area contributed by atoms with Crippen molar-refractivity contribution in [3.63, 3.8) is 0 Å². The van der Waals surface area contributed by atoms with Crippen LogP contribution in [0.25, 0.3) is 5.70 Å². The standard InChI is InChI=1S/C28H34F2N4O5S/c1-19-16-21(18-34(26(19)37)22-4-6-28(29,30)7-5-22)31-25(36)23-3-2-20(32-40(38,39)15-14-35)17-24(23)33-12-10-27(8-9-27)11-13-33/h2-4,16-18,32,35H,5-15H2,1H3,(H,31,36). The van der Waals surface area contributed by atoms with Crippen LogP contribution < -0.4 is 20.5 Å². The summed E-state index contributed by atoms with van der Waals surface area (Å²) in [5.74, 6) is -3.68. The van der Waals surface area contributed by atoms with Crippen LogP contribution >= 0.6 is 0 Å². The van der Waals surface area contributed by atoms with Crippen molar-refractivity contribution in [1.82, 2.24) is 4.57 Å². The average Bonchev–Trinajstić information content (AvgIpc) is 3.65. The molecule has 0 radical (unpaired) electrons. The molecule has 1 amide bonds. The zero-order valence-corrected chi connectivity index (χ0v) is 23.2. The van der Waals surface area contributed by atoms with E-state index in [0.29, 0.717) is 33.6 Å². The van der Waals surface area contributed by atoms with Gasteiger partial charge in [-0.15, -0.1) is 0 Å². The Morgan fingerprint density at radius 2 is 1.80 bits per heavy atom. The maximum atomic E-state index is 13.7. The Morgan fingerprint density at radius 3 is 2.42 bits per heavy atom. The minimum atomic E-state index is -3.76. The number of aromatic nitrogens is 1. The van der Waals surface area contributed by atoms with Crippen LogP contribution in [-0.4, -0.2) is 55.4 Å². The lowest BCUT2D eigenvalue weighted by Crippen LogP contribution is -2.36. The molecule has 3 N–H and O–H groups in total. The van der Waals surface area contributed by atoms with Crippen molar-refractivity contribution in [2.24, 2.45) is 5.41 Å². The van der Waals surface area contributed by atoms with Gasteiger partial charge in [0.15, 0.2) is 0 Å². The van der Waals surface area contributed by atoms with Crippen molar-refractivity contribution in [2.75, 3.05) is 40.4 Å². The minimum absolute atomic E-state index is 0.0397. The molecule has 1 saturated heterocycles. The van der Waals surface area contributed by atoms with E-state index < -0.39 is 40.6 Å². The smallest absolute Gasteiger partial charge is 0.257 e. The number of aliphatic hydroxyl groups is 1. The summed E-state index contributed by atoms with van der Waals surface area (Å²) in [7, 11) is -3.76. The number of sulfonamides is 1. The highest BCUT2D eigenvalue weighted by atomic mass is 32.2. The molecule has 40 heavy (non-hydrogen) atoms. The first kappa shape index (κ1) is 28.3. The molecule has 0 bridgehead atoms. The summed E-state index contributed by atoms with van der Waals surface area (Å²) in [5.41, 5.74) is 2.43. The Balaban J connectivity index is 1.44. The molecule has 0 atom stereocenters. The van der Waals surface area contributed by atoms with Crippen LogP contribution in [0.5, 0.6) is 0 Å². The van der Waals surface area contributed by atoms with Gasteiger partial charge in [0.2, 0.25) is 10.0 Å². The molecule has 3 aliphatic rings. The normalized spacial score (nSPS) is 19.7. The summed E-state index contributed by atoms with van der Waals surface area (Å²) in [6.07, 6.45) is 6.47. The fourth-order valence-corrected chi connectivity index (χ4v) is 6.33. The van der Waals surface area contributed by atoms with Crippen molar-refractivity contribution >= 4 is 38.7 Å². The van der Waals surface area contributed by atoms with Crippen LogP contribution in [0.1, 0.15) is 60.9 Å². The Kier molecular flexibility index (Phi) is 7.51. The van der Waals surface area contributed by atoms with Crippen molar-refractivity contribution in [2.45, 2.75) is 57.8 Å². The molecule has 2 aromatic rings. The van der Waals surface area contributed by atoms with Crippen molar-refractivity contribution < 1.29 is 27.1 Å². The van der Waals surface area contributed by atoms with Gasteiger partial charge in [0.25, 0.3) is 17.4 Å². The highest BCUT2D eigenvalue weighted by Gasteiger charge is 2.44. The van der Waals surface area contributed by atoms with E-state index in [1.54, 1.807) is 25.1 Å². The van der Waals surface area contributed by atoms with E-state index in [-0.39, 0.29) is 24.1 Å². The lowest BCUT2D eigenvalue weighted by molar-refractivity contribution is -0.00662. The van der Waals surface area contributed by atoms with Crippen LogP contribution in [0.15, 0.2) is 41.3 Å². The van der Waals surface area contributed by atoms with E-state index in [0.717, 1.165) is 25.9 Å². The second-order valence-electron chi connectivity index (χ2n) is 11.2. The molecule has 1 aliphatic heterocycles. The molecule has 1 aromatic heterocycles. The number of rotatable bonds is 8. The molecular formula is C28H34F2N4O5S. The predicted molar refractivity (Wildman–Crippen MR) is 151 cm³/mol. The molecule has 5 rings (SSSR count). The molecular weight excluding hydrogens is 542 g/mol. The number of nitrogens with zero attached hydrogens (tertiary/aromatic N) is 2. The number of carbonyl (C=O) groups is 1. The Morgan fingerprint density at radius 1 is 1.07 bits per heavy atom. The molecule has 12 heteroatoms. The van der Waals surface area contributed by atoms with Gasteiger partial charge in [-0.1, -0.05) is 6.08 Å². The maximum absolute atomic E-state index is 13.7. The number of anilines is 3. The number of piperidine rings is 1. The minimum Gasteiger partial charge on any atom is -0.395 e. The Hall–Kier alpha value is -3.25. The summed E-state index contributed by atoms with van der Waals surface area (Å²) < 4.78 is 55.6. The predicted octanol–water partition coefficient (Wildman–Crippen LogP) is 4.18. The van der Waals surface area contributed by atoms with E-state index in [2.05, 4.69) is 14.9 Å². The summed E-state index contributed by atoms with van der Waals surface area (Å²) in [6, 6.07) is 6.23. The molecule has 216 valence electrons. The molecule has 1 saturated carbocycles. The fraction of sp³-hybridized carbons (Fsp3) is 0.500. The van der Waals surface area contributed by atoms with Gasteiger partial charge in [-0.25, -0.2) is 17.2 Å². The number of hydrogen-bond donors (Lipinski definition) is 3. The quantitative estimate of drug-likeness (QED) is 0.434. The van der Waals surface area contributed by atoms with E-state index in [1.807, 2.05) is 0 Å². The number of amides is 1. The average molecular weight is 577 g/mol. The second-order valence-corrected chi connectivity index (χ2v) is 13.0. The van der Waals surface area contributed by atoms with Crippen LogP contribution in [-0.2, 0) is 10.0 Å². The highest BCUT2D eigenvalue weighted by Crippen LogP contribution is 2.54. The highest BCUT2D eigenvalue weighted by molar-refractivity contribution is 7.92. The number of carbonyl (C=O) groups excluding carboxylic acids is 1. The number of nitrogens with one attached hydrogen (secondary N) is 2. The second kappa shape index (κ2) is 10.6. The number of benzene rings is 1. The zero-order valence-electron chi connectivity index (χ0n) is 22.4. The van der Waals surface area contributed by atoms with Crippen LogP contribution in [0.2, 0.25) is 0 Å². The van der Waals surface area contributed by atoms with Crippen molar-refractivity contribution in [3.05, 3.63) is 58.0 Å². The van der Waals surface area contributed by atoms with E-state index >= 15 is 0 Å². The van der Waals surface area contributed by atoms with Gasteiger partial charge in [-0.3, -0.25) is 18.9 Å².